The fourth-order valence-electron chi connectivity index (χ4n) is 4.55. The van der Waals surface area contributed by atoms with Crippen molar-refractivity contribution in [2.75, 3.05) is 44.2 Å². The predicted octanol–water partition coefficient (Wildman–Crippen LogP) is 3.48. The van der Waals surface area contributed by atoms with E-state index < -0.39 is 34.9 Å². The standard InChI is InChI=1S/C26H27F3N8O3.ClH/c27-26(28,29)17-14-16(40-13-3-10-36-11-8-31-9-12-36)6-7-20(17)37(24(39)22-21(23(30)38)32-15-33-22)25-34-18-4-1-2-5-19(18)35-25;/h1-2,4-7,14-15,31H,3,8-13H2,(H2,30,38)(H,32,33)(H,34,35);1H. The highest BCUT2D eigenvalue weighted by atomic mass is 35.5. The van der Waals surface area contributed by atoms with E-state index in [9.17, 15) is 22.8 Å². The smallest absolute Gasteiger partial charge is 0.418 e. The zero-order valence-electron chi connectivity index (χ0n) is 21.7. The molecule has 0 radical (unpaired) electrons. The van der Waals surface area contributed by atoms with Gasteiger partial charge in [0.2, 0.25) is 5.95 Å². The van der Waals surface area contributed by atoms with Gasteiger partial charge in [-0.2, -0.15) is 13.2 Å². The van der Waals surface area contributed by atoms with Crippen molar-refractivity contribution < 1.29 is 27.5 Å². The highest BCUT2D eigenvalue weighted by molar-refractivity contribution is 6.14. The molecule has 2 aromatic carbocycles. The van der Waals surface area contributed by atoms with Crippen LogP contribution in [0.15, 0.2) is 48.8 Å². The van der Waals surface area contributed by atoms with Crippen LogP contribution in [0.1, 0.15) is 33.0 Å². The van der Waals surface area contributed by atoms with Gasteiger partial charge in [-0.05, 0) is 36.8 Å². The Bertz CT molecular complexity index is 1480. The van der Waals surface area contributed by atoms with E-state index in [0.29, 0.717) is 17.5 Å². The number of carbonyl (C=O) groups is 2. The summed E-state index contributed by atoms with van der Waals surface area (Å²) in [6.07, 6.45) is -3.16. The SMILES string of the molecule is Cl.NC(=O)c1[nH]cnc1C(=O)N(c1nc2ccccc2[nH]1)c1ccc(OCCCN2CCNCC2)cc1C(F)(F)F. The van der Waals surface area contributed by atoms with Gasteiger partial charge >= 0.3 is 6.18 Å². The lowest BCUT2D eigenvalue weighted by Crippen LogP contribution is -2.43. The molecule has 0 saturated carbocycles. The summed E-state index contributed by atoms with van der Waals surface area (Å²) in [5.74, 6) is -2.22. The number of alkyl halides is 3. The maximum absolute atomic E-state index is 14.4. The van der Waals surface area contributed by atoms with E-state index in [1.54, 1.807) is 24.3 Å². The Balaban J connectivity index is 0.00000387. The summed E-state index contributed by atoms with van der Waals surface area (Å²) >= 11 is 0. The van der Waals surface area contributed by atoms with Crippen LogP contribution in [0.4, 0.5) is 24.8 Å². The van der Waals surface area contributed by atoms with Gasteiger partial charge in [0.25, 0.3) is 11.8 Å². The van der Waals surface area contributed by atoms with Crippen LogP contribution in [0.2, 0.25) is 0 Å². The number of imidazole rings is 2. The number of nitrogens with one attached hydrogen (secondary N) is 3. The van der Waals surface area contributed by atoms with E-state index in [0.717, 1.165) is 56.1 Å². The van der Waals surface area contributed by atoms with Gasteiger partial charge in [0.05, 0.1) is 35.2 Å². The molecule has 0 aliphatic carbocycles. The number of H-pyrrole nitrogens is 2. The van der Waals surface area contributed by atoms with Crippen molar-refractivity contribution in [3.63, 3.8) is 0 Å². The number of para-hydroxylation sites is 2. The maximum atomic E-state index is 14.4. The first-order valence-electron chi connectivity index (χ1n) is 12.6. The largest absolute Gasteiger partial charge is 0.494 e. The number of nitrogens with zero attached hydrogens (tertiary/aromatic N) is 4. The number of fused-ring (bicyclic) bond motifs is 1. The van der Waals surface area contributed by atoms with Gasteiger partial charge in [0.1, 0.15) is 11.4 Å². The van der Waals surface area contributed by atoms with Gasteiger partial charge in [0.15, 0.2) is 5.69 Å². The summed E-state index contributed by atoms with van der Waals surface area (Å²) in [6.45, 7) is 4.61. The number of ether oxygens (including phenoxy) is 1. The third kappa shape index (κ3) is 6.61. The summed E-state index contributed by atoms with van der Waals surface area (Å²) in [5.41, 5.74) is 3.82. The number of nitrogens with two attached hydrogens (primary N) is 1. The quantitative estimate of drug-likeness (QED) is 0.218. The zero-order chi connectivity index (χ0) is 28.3. The number of benzene rings is 2. The number of halogens is 4. The normalized spacial score (nSPS) is 14.0. The fourth-order valence-corrected chi connectivity index (χ4v) is 4.55. The van der Waals surface area contributed by atoms with Crippen molar-refractivity contribution in [1.82, 2.24) is 30.2 Å². The van der Waals surface area contributed by atoms with Crippen molar-refractivity contribution in [3.8, 4) is 5.75 Å². The Morgan fingerprint density at radius 3 is 2.59 bits per heavy atom. The monoisotopic (exact) mass is 592 g/mol. The van der Waals surface area contributed by atoms with Gasteiger partial charge in [-0.1, -0.05) is 12.1 Å². The Morgan fingerprint density at radius 2 is 1.88 bits per heavy atom. The molecular weight excluding hydrogens is 565 g/mol. The molecule has 1 aliphatic rings. The summed E-state index contributed by atoms with van der Waals surface area (Å²) in [6, 6.07) is 10.1. The molecule has 5 N–H and O–H groups in total. The molecule has 41 heavy (non-hydrogen) atoms. The van der Waals surface area contributed by atoms with E-state index in [-0.39, 0.29) is 36.4 Å². The van der Waals surface area contributed by atoms with Crippen LogP contribution in [0.5, 0.6) is 5.75 Å². The first kappa shape index (κ1) is 29.8. The summed E-state index contributed by atoms with van der Waals surface area (Å²) in [5, 5.41) is 3.27. The number of carbonyl (C=O) groups excluding carboxylic acids is 2. The number of aromatic amines is 2. The molecule has 15 heteroatoms. The molecule has 2 amide bonds. The molecule has 2 aromatic heterocycles. The molecule has 1 fully saturated rings. The molecule has 0 bridgehead atoms. The van der Waals surface area contributed by atoms with E-state index >= 15 is 0 Å². The number of piperazine rings is 1. The highest BCUT2D eigenvalue weighted by Gasteiger charge is 2.39. The van der Waals surface area contributed by atoms with Gasteiger partial charge < -0.3 is 30.7 Å². The third-order valence-corrected chi connectivity index (χ3v) is 6.49. The minimum Gasteiger partial charge on any atom is -0.494 e. The third-order valence-electron chi connectivity index (χ3n) is 6.49. The molecule has 5 rings (SSSR count). The summed E-state index contributed by atoms with van der Waals surface area (Å²) in [4.78, 5) is 42.1. The Morgan fingerprint density at radius 1 is 1.12 bits per heavy atom. The van der Waals surface area contributed by atoms with E-state index in [1.807, 2.05) is 0 Å². The molecule has 0 unspecified atom stereocenters. The number of amides is 2. The van der Waals surface area contributed by atoms with Crippen molar-refractivity contribution in [3.05, 3.63) is 65.7 Å². The van der Waals surface area contributed by atoms with Crippen LogP contribution in [0, 0.1) is 0 Å². The van der Waals surface area contributed by atoms with Crippen LogP contribution < -0.4 is 20.7 Å². The van der Waals surface area contributed by atoms with Crippen LogP contribution in [0.25, 0.3) is 11.0 Å². The van der Waals surface area contributed by atoms with Gasteiger partial charge in [0, 0.05) is 32.7 Å². The average molecular weight is 593 g/mol. The molecule has 1 aliphatic heterocycles. The molecule has 1 saturated heterocycles. The maximum Gasteiger partial charge on any atom is 0.418 e. The van der Waals surface area contributed by atoms with E-state index in [4.69, 9.17) is 10.5 Å². The van der Waals surface area contributed by atoms with Crippen molar-refractivity contribution in [2.24, 2.45) is 5.73 Å². The molecule has 0 spiro atoms. The number of aromatic nitrogens is 4. The lowest BCUT2D eigenvalue weighted by Gasteiger charge is -2.27. The number of hydrogen-bond acceptors (Lipinski definition) is 7. The Labute approximate surface area is 238 Å². The first-order valence-corrected chi connectivity index (χ1v) is 12.6. The number of anilines is 2. The lowest BCUT2D eigenvalue weighted by molar-refractivity contribution is -0.137. The van der Waals surface area contributed by atoms with Crippen LogP contribution in [-0.4, -0.2) is 76.0 Å². The predicted molar refractivity (Wildman–Crippen MR) is 148 cm³/mol. The average Bonchev–Trinajstić information content (AvgIpc) is 3.59. The van der Waals surface area contributed by atoms with Gasteiger partial charge in [-0.3, -0.25) is 9.59 Å². The van der Waals surface area contributed by atoms with Crippen molar-refractivity contribution >= 4 is 46.9 Å². The van der Waals surface area contributed by atoms with Gasteiger partial charge in [-0.25, -0.2) is 14.9 Å². The van der Waals surface area contributed by atoms with Crippen molar-refractivity contribution in [2.45, 2.75) is 12.6 Å². The highest BCUT2D eigenvalue weighted by Crippen LogP contribution is 2.41. The molecule has 0 atom stereocenters. The fraction of sp³-hybridized carbons (Fsp3) is 0.308. The number of hydrogen-bond donors (Lipinski definition) is 4. The molecule has 3 heterocycles. The van der Waals surface area contributed by atoms with E-state index in [2.05, 4.69) is 30.2 Å². The van der Waals surface area contributed by atoms with Crippen LogP contribution in [-0.2, 0) is 6.18 Å². The van der Waals surface area contributed by atoms with Gasteiger partial charge in [-0.15, -0.1) is 12.4 Å². The second-order valence-electron chi connectivity index (χ2n) is 9.18. The van der Waals surface area contributed by atoms with Crippen molar-refractivity contribution in [1.29, 1.82) is 0 Å². The lowest BCUT2D eigenvalue weighted by atomic mass is 10.1. The topological polar surface area (TPSA) is 145 Å². The second-order valence-corrected chi connectivity index (χ2v) is 9.18. The Kier molecular flexibility index (Phi) is 9.15. The van der Waals surface area contributed by atoms with E-state index in [1.165, 1.54) is 6.07 Å². The summed E-state index contributed by atoms with van der Waals surface area (Å²) < 4.78 is 48.9. The summed E-state index contributed by atoms with van der Waals surface area (Å²) in [7, 11) is 0. The Hall–Kier alpha value is -4.14. The first-order chi connectivity index (χ1) is 19.2. The second kappa shape index (κ2) is 12.6. The minimum absolute atomic E-state index is 0. The number of primary amides is 1. The molecule has 11 nitrogen and oxygen atoms in total. The molecular formula is C26H28ClF3N8O3. The number of rotatable bonds is 9. The zero-order valence-corrected chi connectivity index (χ0v) is 22.5. The molecule has 4 aromatic rings. The van der Waals surface area contributed by atoms with Crippen LogP contribution >= 0.6 is 12.4 Å². The van der Waals surface area contributed by atoms with Crippen LogP contribution in [0.3, 0.4) is 0 Å². The minimum atomic E-state index is -4.86. The molecule has 218 valence electrons.